The fraction of sp³-hybridized carbons (Fsp3) is 0.0526. The third kappa shape index (κ3) is 2.99. The van der Waals surface area contributed by atoms with E-state index >= 15 is 0 Å². The van der Waals surface area contributed by atoms with Crippen LogP contribution in [0, 0.1) is 0 Å². The molecule has 0 saturated heterocycles. The minimum atomic E-state index is -0.705. The molecular formula is C19H15ClO. The smallest absolute Gasteiger partial charge is 0.105 e. The number of benzene rings is 3. The van der Waals surface area contributed by atoms with E-state index in [1.54, 1.807) is 6.07 Å². The SMILES string of the molecule is O[C@H](c1ccc(-c2ccccc2)cc1)c1ccccc1Cl. The van der Waals surface area contributed by atoms with Gasteiger partial charge in [-0.25, -0.2) is 0 Å². The van der Waals surface area contributed by atoms with Crippen LogP contribution in [0.25, 0.3) is 11.1 Å². The summed E-state index contributed by atoms with van der Waals surface area (Å²) in [5.41, 5.74) is 3.86. The first-order chi connectivity index (χ1) is 10.3. The molecule has 0 aromatic heterocycles. The highest BCUT2D eigenvalue weighted by molar-refractivity contribution is 6.31. The molecule has 0 unspecified atom stereocenters. The standard InChI is InChI=1S/C19H15ClO/c20-18-9-5-4-8-17(18)19(21)16-12-10-15(11-13-16)14-6-2-1-3-7-14/h1-13,19,21H/t19-/m1/s1. The van der Waals surface area contributed by atoms with Crippen molar-refractivity contribution in [2.24, 2.45) is 0 Å². The maximum Gasteiger partial charge on any atom is 0.105 e. The van der Waals surface area contributed by atoms with E-state index in [-0.39, 0.29) is 0 Å². The predicted molar refractivity (Wildman–Crippen MR) is 87.4 cm³/mol. The van der Waals surface area contributed by atoms with Gasteiger partial charge in [-0.05, 0) is 22.8 Å². The second-order valence-corrected chi connectivity index (χ2v) is 5.32. The van der Waals surface area contributed by atoms with Crippen LogP contribution in [0.4, 0.5) is 0 Å². The van der Waals surface area contributed by atoms with Gasteiger partial charge >= 0.3 is 0 Å². The first kappa shape index (κ1) is 13.9. The van der Waals surface area contributed by atoms with Crippen molar-refractivity contribution >= 4 is 11.6 Å². The first-order valence-corrected chi connectivity index (χ1v) is 7.21. The Morgan fingerprint density at radius 3 is 1.90 bits per heavy atom. The maximum atomic E-state index is 10.4. The zero-order valence-electron chi connectivity index (χ0n) is 11.4. The molecule has 0 amide bonds. The number of halogens is 1. The Hall–Kier alpha value is -2.09. The van der Waals surface area contributed by atoms with E-state index in [9.17, 15) is 5.11 Å². The molecule has 21 heavy (non-hydrogen) atoms. The lowest BCUT2D eigenvalue weighted by Crippen LogP contribution is -2.00. The highest BCUT2D eigenvalue weighted by atomic mass is 35.5. The average Bonchev–Trinajstić information content (AvgIpc) is 2.56. The van der Waals surface area contributed by atoms with Gasteiger partial charge in [-0.15, -0.1) is 0 Å². The van der Waals surface area contributed by atoms with Crippen molar-refractivity contribution in [2.75, 3.05) is 0 Å². The van der Waals surface area contributed by atoms with Crippen molar-refractivity contribution in [2.45, 2.75) is 6.10 Å². The van der Waals surface area contributed by atoms with Crippen molar-refractivity contribution in [3.63, 3.8) is 0 Å². The Bertz CT molecular complexity index is 720. The van der Waals surface area contributed by atoms with Crippen molar-refractivity contribution in [3.05, 3.63) is 95.0 Å². The summed E-state index contributed by atoms with van der Waals surface area (Å²) in [7, 11) is 0. The van der Waals surface area contributed by atoms with E-state index in [4.69, 9.17) is 11.6 Å². The van der Waals surface area contributed by atoms with E-state index in [0.717, 1.165) is 22.3 Å². The fourth-order valence-electron chi connectivity index (χ4n) is 2.36. The summed E-state index contributed by atoms with van der Waals surface area (Å²) in [5.74, 6) is 0. The van der Waals surface area contributed by atoms with Crippen LogP contribution in [0.2, 0.25) is 5.02 Å². The van der Waals surface area contributed by atoms with E-state index in [1.807, 2.05) is 60.7 Å². The molecule has 3 rings (SSSR count). The summed E-state index contributed by atoms with van der Waals surface area (Å²) < 4.78 is 0. The van der Waals surface area contributed by atoms with Crippen molar-refractivity contribution in [1.82, 2.24) is 0 Å². The summed E-state index contributed by atoms with van der Waals surface area (Å²) in [6.07, 6.45) is -0.705. The van der Waals surface area contributed by atoms with Crippen LogP contribution in [0.5, 0.6) is 0 Å². The van der Waals surface area contributed by atoms with Gasteiger partial charge in [0.05, 0.1) is 0 Å². The predicted octanol–water partition coefficient (Wildman–Crippen LogP) is 5.09. The summed E-state index contributed by atoms with van der Waals surface area (Å²) in [5, 5.41) is 11.0. The first-order valence-electron chi connectivity index (χ1n) is 6.83. The third-order valence-electron chi connectivity index (χ3n) is 3.53. The molecule has 1 atom stereocenters. The van der Waals surface area contributed by atoms with Gasteiger partial charge in [0.15, 0.2) is 0 Å². The summed E-state index contributed by atoms with van der Waals surface area (Å²) in [6.45, 7) is 0. The lowest BCUT2D eigenvalue weighted by Gasteiger charge is -2.13. The Balaban J connectivity index is 1.89. The molecule has 3 aromatic carbocycles. The second kappa shape index (κ2) is 6.13. The minimum absolute atomic E-state index is 0.581. The van der Waals surface area contributed by atoms with Gasteiger partial charge in [-0.1, -0.05) is 84.4 Å². The molecule has 104 valence electrons. The second-order valence-electron chi connectivity index (χ2n) is 4.91. The maximum absolute atomic E-state index is 10.4. The molecule has 0 bridgehead atoms. The van der Waals surface area contributed by atoms with Crippen LogP contribution < -0.4 is 0 Å². The van der Waals surface area contributed by atoms with E-state index in [1.165, 1.54) is 0 Å². The van der Waals surface area contributed by atoms with E-state index in [2.05, 4.69) is 12.1 Å². The Morgan fingerprint density at radius 1 is 0.667 bits per heavy atom. The fourth-order valence-corrected chi connectivity index (χ4v) is 2.60. The van der Waals surface area contributed by atoms with Gasteiger partial charge in [0.2, 0.25) is 0 Å². The number of aliphatic hydroxyl groups is 1. The Morgan fingerprint density at radius 2 is 1.24 bits per heavy atom. The van der Waals surface area contributed by atoms with Crippen molar-refractivity contribution in [1.29, 1.82) is 0 Å². The zero-order valence-corrected chi connectivity index (χ0v) is 12.2. The molecule has 1 nitrogen and oxygen atoms in total. The van der Waals surface area contributed by atoms with Gasteiger partial charge in [-0.2, -0.15) is 0 Å². The van der Waals surface area contributed by atoms with Gasteiger partial charge < -0.3 is 5.11 Å². The van der Waals surface area contributed by atoms with Crippen LogP contribution in [-0.4, -0.2) is 5.11 Å². The number of rotatable bonds is 3. The molecule has 1 N–H and O–H groups in total. The molecule has 0 heterocycles. The van der Waals surface area contributed by atoms with Crippen LogP contribution in [0.1, 0.15) is 17.2 Å². The van der Waals surface area contributed by atoms with Gasteiger partial charge in [0.25, 0.3) is 0 Å². The molecule has 0 aliphatic carbocycles. The normalized spacial score (nSPS) is 12.1. The molecule has 0 aliphatic heterocycles. The quantitative estimate of drug-likeness (QED) is 0.713. The number of hydrogen-bond acceptors (Lipinski definition) is 1. The number of hydrogen-bond donors (Lipinski definition) is 1. The minimum Gasteiger partial charge on any atom is -0.384 e. The molecule has 0 aliphatic rings. The summed E-state index contributed by atoms with van der Waals surface area (Å²) >= 11 is 6.14. The molecule has 0 saturated carbocycles. The summed E-state index contributed by atoms with van der Waals surface area (Å²) in [4.78, 5) is 0. The topological polar surface area (TPSA) is 20.2 Å². The number of aliphatic hydroxyl groups excluding tert-OH is 1. The van der Waals surface area contributed by atoms with Crippen LogP contribution in [0.15, 0.2) is 78.9 Å². The van der Waals surface area contributed by atoms with Crippen molar-refractivity contribution < 1.29 is 5.11 Å². The molecule has 3 aromatic rings. The zero-order chi connectivity index (χ0) is 14.7. The highest BCUT2D eigenvalue weighted by Crippen LogP contribution is 2.29. The van der Waals surface area contributed by atoms with Crippen LogP contribution in [-0.2, 0) is 0 Å². The molecule has 0 spiro atoms. The lowest BCUT2D eigenvalue weighted by atomic mass is 9.98. The van der Waals surface area contributed by atoms with E-state index < -0.39 is 6.10 Å². The average molecular weight is 295 g/mol. The van der Waals surface area contributed by atoms with Crippen LogP contribution in [0.3, 0.4) is 0 Å². The van der Waals surface area contributed by atoms with Gasteiger partial charge in [0, 0.05) is 10.6 Å². The third-order valence-corrected chi connectivity index (χ3v) is 3.88. The van der Waals surface area contributed by atoms with Gasteiger partial charge in [-0.3, -0.25) is 0 Å². The Labute approximate surface area is 129 Å². The van der Waals surface area contributed by atoms with Crippen molar-refractivity contribution in [3.8, 4) is 11.1 Å². The molecule has 2 heteroatoms. The molecular weight excluding hydrogens is 280 g/mol. The largest absolute Gasteiger partial charge is 0.384 e. The Kier molecular flexibility index (Phi) is 4.05. The monoisotopic (exact) mass is 294 g/mol. The molecule has 0 radical (unpaired) electrons. The molecule has 0 fully saturated rings. The van der Waals surface area contributed by atoms with E-state index in [0.29, 0.717) is 5.02 Å². The summed E-state index contributed by atoms with van der Waals surface area (Å²) in [6, 6.07) is 25.5. The highest BCUT2D eigenvalue weighted by Gasteiger charge is 2.13. The van der Waals surface area contributed by atoms with Crippen LogP contribution >= 0.6 is 11.6 Å². The van der Waals surface area contributed by atoms with Gasteiger partial charge in [0.1, 0.15) is 6.10 Å². The lowest BCUT2D eigenvalue weighted by molar-refractivity contribution is 0.220.